The van der Waals surface area contributed by atoms with Crippen molar-refractivity contribution in [3.8, 4) is 0 Å². The smallest absolute Gasteiger partial charge is 0.242 e. The highest BCUT2D eigenvalue weighted by molar-refractivity contribution is 6.30. The summed E-state index contributed by atoms with van der Waals surface area (Å²) in [5.41, 5.74) is 0.949. The fourth-order valence-electron chi connectivity index (χ4n) is 2.18. The molecule has 0 bridgehead atoms. The van der Waals surface area contributed by atoms with Crippen LogP contribution in [0.4, 0.5) is 0 Å². The number of nitrogens with one attached hydrogen (secondary N) is 1. The van der Waals surface area contributed by atoms with Crippen LogP contribution in [-0.4, -0.2) is 29.3 Å². The van der Waals surface area contributed by atoms with Gasteiger partial charge in [0, 0.05) is 25.0 Å². The Morgan fingerprint density at radius 1 is 1.23 bits per heavy atom. The van der Waals surface area contributed by atoms with Gasteiger partial charge in [-0.2, -0.15) is 0 Å². The van der Waals surface area contributed by atoms with Gasteiger partial charge >= 0.3 is 0 Å². The third-order valence-corrected chi connectivity index (χ3v) is 3.85. The van der Waals surface area contributed by atoms with Crippen molar-refractivity contribution >= 4 is 23.4 Å². The number of hydrogen-bond acceptors (Lipinski definition) is 2. The lowest BCUT2D eigenvalue weighted by Crippen LogP contribution is -2.47. The van der Waals surface area contributed by atoms with E-state index < -0.39 is 6.04 Å². The van der Waals surface area contributed by atoms with Crippen LogP contribution in [0.25, 0.3) is 0 Å². The predicted octanol–water partition coefficient (Wildman–Crippen LogP) is 3.38. The predicted molar refractivity (Wildman–Crippen MR) is 89.7 cm³/mol. The van der Waals surface area contributed by atoms with Crippen LogP contribution >= 0.6 is 11.6 Å². The second kappa shape index (κ2) is 9.46. The van der Waals surface area contributed by atoms with Gasteiger partial charge in [-0.1, -0.05) is 43.5 Å². The number of halogens is 1. The SMILES string of the molecule is CCCCCNC(=O)C(C)N(Cc1ccc(Cl)cc1)C(C)=O. The van der Waals surface area contributed by atoms with E-state index in [2.05, 4.69) is 12.2 Å². The summed E-state index contributed by atoms with van der Waals surface area (Å²) in [5, 5.41) is 3.55. The molecule has 1 rings (SSSR count). The highest BCUT2D eigenvalue weighted by atomic mass is 35.5. The molecule has 5 heteroatoms. The van der Waals surface area contributed by atoms with E-state index in [1.807, 2.05) is 12.1 Å². The zero-order valence-electron chi connectivity index (χ0n) is 13.6. The summed E-state index contributed by atoms with van der Waals surface area (Å²) in [5.74, 6) is -0.230. The van der Waals surface area contributed by atoms with Crippen LogP contribution in [0, 0.1) is 0 Å². The van der Waals surface area contributed by atoms with Gasteiger partial charge in [0.1, 0.15) is 6.04 Å². The normalized spacial score (nSPS) is 11.8. The van der Waals surface area contributed by atoms with Gasteiger partial charge in [-0.25, -0.2) is 0 Å². The zero-order chi connectivity index (χ0) is 16.5. The third kappa shape index (κ3) is 6.06. The van der Waals surface area contributed by atoms with E-state index in [9.17, 15) is 9.59 Å². The molecular formula is C17H25ClN2O2. The second-order valence-electron chi connectivity index (χ2n) is 5.45. The van der Waals surface area contributed by atoms with Crippen molar-refractivity contribution in [2.45, 2.75) is 52.6 Å². The number of rotatable bonds is 8. The molecule has 1 N–H and O–H groups in total. The minimum Gasteiger partial charge on any atom is -0.354 e. The first-order chi connectivity index (χ1) is 10.5. The average Bonchev–Trinajstić information content (AvgIpc) is 2.49. The van der Waals surface area contributed by atoms with E-state index in [0.717, 1.165) is 24.8 Å². The Hall–Kier alpha value is -1.55. The van der Waals surface area contributed by atoms with Crippen molar-refractivity contribution in [1.82, 2.24) is 10.2 Å². The number of benzene rings is 1. The van der Waals surface area contributed by atoms with Gasteiger partial charge in [0.05, 0.1) is 0 Å². The van der Waals surface area contributed by atoms with Crippen LogP contribution in [0.2, 0.25) is 5.02 Å². The molecular weight excluding hydrogens is 300 g/mol. The van der Waals surface area contributed by atoms with Crippen molar-refractivity contribution < 1.29 is 9.59 Å². The first-order valence-electron chi connectivity index (χ1n) is 7.75. The number of nitrogens with zero attached hydrogens (tertiary/aromatic N) is 1. The minimum atomic E-state index is -0.491. The number of amides is 2. The molecule has 1 atom stereocenters. The second-order valence-corrected chi connectivity index (χ2v) is 5.88. The zero-order valence-corrected chi connectivity index (χ0v) is 14.3. The molecule has 0 aliphatic rings. The Morgan fingerprint density at radius 2 is 1.86 bits per heavy atom. The van der Waals surface area contributed by atoms with Gasteiger partial charge in [0.2, 0.25) is 11.8 Å². The Balaban J connectivity index is 2.63. The van der Waals surface area contributed by atoms with Gasteiger partial charge in [-0.05, 0) is 31.0 Å². The van der Waals surface area contributed by atoms with E-state index in [-0.39, 0.29) is 11.8 Å². The van der Waals surface area contributed by atoms with Crippen molar-refractivity contribution in [2.75, 3.05) is 6.54 Å². The Bertz CT molecular complexity index is 488. The minimum absolute atomic E-state index is 0.111. The quantitative estimate of drug-likeness (QED) is 0.745. The molecule has 0 radical (unpaired) electrons. The molecule has 2 amide bonds. The Labute approximate surface area is 137 Å². The molecule has 0 saturated heterocycles. The largest absolute Gasteiger partial charge is 0.354 e. The maximum Gasteiger partial charge on any atom is 0.242 e. The van der Waals surface area contributed by atoms with Crippen LogP contribution in [-0.2, 0) is 16.1 Å². The van der Waals surface area contributed by atoms with Crippen molar-refractivity contribution in [3.05, 3.63) is 34.9 Å². The van der Waals surface area contributed by atoms with Gasteiger partial charge < -0.3 is 10.2 Å². The molecule has 122 valence electrons. The van der Waals surface area contributed by atoms with Crippen molar-refractivity contribution in [3.63, 3.8) is 0 Å². The van der Waals surface area contributed by atoms with E-state index in [0.29, 0.717) is 18.1 Å². The number of hydrogen-bond donors (Lipinski definition) is 1. The summed E-state index contributed by atoms with van der Waals surface area (Å²) in [7, 11) is 0. The summed E-state index contributed by atoms with van der Waals surface area (Å²) in [6.45, 7) is 6.41. The van der Waals surface area contributed by atoms with Crippen LogP contribution in [0.15, 0.2) is 24.3 Å². The van der Waals surface area contributed by atoms with Gasteiger partial charge in [0.15, 0.2) is 0 Å². The first kappa shape index (κ1) is 18.5. The highest BCUT2D eigenvalue weighted by Gasteiger charge is 2.23. The summed E-state index contributed by atoms with van der Waals surface area (Å²) in [4.78, 5) is 25.6. The lowest BCUT2D eigenvalue weighted by Gasteiger charge is -2.27. The number of unbranched alkanes of at least 4 members (excludes halogenated alkanes) is 2. The molecule has 0 saturated carbocycles. The summed E-state index contributed by atoms with van der Waals surface area (Å²) >= 11 is 5.86. The van der Waals surface area contributed by atoms with Crippen LogP contribution in [0.1, 0.15) is 45.6 Å². The average molecular weight is 325 g/mol. The highest BCUT2D eigenvalue weighted by Crippen LogP contribution is 2.13. The first-order valence-corrected chi connectivity index (χ1v) is 8.12. The summed E-state index contributed by atoms with van der Waals surface area (Å²) in [6.07, 6.45) is 3.17. The molecule has 0 fully saturated rings. The van der Waals surface area contributed by atoms with Crippen LogP contribution in [0.3, 0.4) is 0 Å². The molecule has 0 heterocycles. The fourth-order valence-corrected chi connectivity index (χ4v) is 2.31. The van der Waals surface area contributed by atoms with E-state index in [1.54, 1.807) is 24.0 Å². The topological polar surface area (TPSA) is 49.4 Å². The number of carbonyl (C=O) groups excluding carboxylic acids is 2. The molecule has 0 spiro atoms. The lowest BCUT2D eigenvalue weighted by atomic mass is 10.1. The van der Waals surface area contributed by atoms with E-state index in [4.69, 9.17) is 11.6 Å². The standard InChI is InChI=1S/C17H25ClN2O2/c1-4-5-6-11-19-17(22)13(2)20(14(3)21)12-15-7-9-16(18)10-8-15/h7-10,13H,4-6,11-12H2,1-3H3,(H,19,22). The molecule has 1 unspecified atom stereocenters. The molecule has 22 heavy (non-hydrogen) atoms. The molecule has 0 aliphatic heterocycles. The molecule has 1 aromatic rings. The summed E-state index contributed by atoms with van der Waals surface area (Å²) < 4.78 is 0. The maximum absolute atomic E-state index is 12.2. The molecule has 1 aromatic carbocycles. The van der Waals surface area contributed by atoms with E-state index in [1.165, 1.54) is 6.92 Å². The van der Waals surface area contributed by atoms with Crippen LogP contribution in [0.5, 0.6) is 0 Å². The summed E-state index contributed by atoms with van der Waals surface area (Å²) in [6, 6.07) is 6.80. The van der Waals surface area contributed by atoms with Crippen LogP contribution < -0.4 is 5.32 Å². The van der Waals surface area contributed by atoms with E-state index >= 15 is 0 Å². The monoisotopic (exact) mass is 324 g/mol. The van der Waals surface area contributed by atoms with Crippen molar-refractivity contribution in [2.24, 2.45) is 0 Å². The Morgan fingerprint density at radius 3 is 2.41 bits per heavy atom. The fraction of sp³-hybridized carbons (Fsp3) is 0.529. The number of carbonyl (C=O) groups is 2. The van der Waals surface area contributed by atoms with Crippen molar-refractivity contribution in [1.29, 1.82) is 0 Å². The lowest BCUT2D eigenvalue weighted by molar-refractivity contribution is -0.138. The van der Waals surface area contributed by atoms with Gasteiger partial charge in [0.25, 0.3) is 0 Å². The molecule has 4 nitrogen and oxygen atoms in total. The third-order valence-electron chi connectivity index (χ3n) is 3.60. The van der Waals surface area contributed by atoms with Gasteiger partial charge in [-0.3, -0.25) is 9.59 Å². The molecule has 0 aromatic heterocycles. The molecule has 0 aliphatic carbocycles. The van der Waals surface area contributed by atoms with Gasteiger partial charge in [-0.15, -0.1) is 0 Å². The maximum atomic E-state index is 12.2. The Kier molecular flexibility index (Phi) is 7.96.